The van der Waals surface area contributed by atoms with Gasteiger partial charge in [0.15, 0.2) is 0 Å². The summed E-state index contributed by atoms with van der Waals surface area (Å²) < 4.78 is 6.97. The van der Waals surface area contributed by atoms with Gasteiger partial charge in [0.2, 0.25) is 5.88 Å². The molecule has 0 spiro atoms. The average Bonchev–Trinajstić information content (AvgIpc) is 2.45. The van der Waals surface area contributed by atoms with Crippen molar-refractivity contribution < 1.29 is 4.74 Å². The monoisotopic (exact) mass is 334 g/mol. The number of hydrogen-bond acceptors (Lipinski definition) is 3. The molecule has 0 bridgehead atoms. The first-order valence-corrected chi connectivity index (χ1v) is 7.53. The molecule has 106 valence electrons. The van der Waals surface area contributed by atoms with Gasteiger partial charge >= 0.3 is 0 Å². The quantitative estimate of drug-likeness (QED) is 0.890. The largest absolute Gasteiger partial charge is 0.439 e. The third-order valence-corrected chi connectivity index (χ3v) is 4.09. The van der Waals surface area contributed by atoms with Crippen LogP contribution in [0, 0.1) is 6.92 Å². The fourth-order valence-corrected chi connectivity index (χ4v) is 2.14. The molecule has 20 heavy (non-hydrogen) atoms. The second-order valence-corrected chi connectivity index (χ2v) is 5.71. The Morgan fingerprint density at radius 2 is 2.15 bits per heavy atom. The van der Waals surface area contributed by atoms with Gasteiger partial charge in [-0.05, 0) is 49.6 Å². The molecule has 2 N–H and O–H groups in total. The third kappa shape index (κ3) is 3.81. The van der Waals surface area contributed by atoms with Crippen molar-refractivity contribution in [3.8, 4) is 11.6 Å². The summed E-state index contributed by atoms with van der Waals surface area (Å²) in [4.78, 5) is 4.32. The highest BCUT2D eigenvalue weighted by molar-refractivity contribution is 9.10. The molecular weight excluding hydrogens is 316 g/mol. The standard InChI is InChI=1S/C16H19BrN2O/c1-3-13(18)10-12-5-4-8-19-16(12)20-14-6-7-15(17)11(2)9-14/h4-9,13H,3,10,18H2,1-2H3. The zero-order valence-corrected chi connectivity index (χ0v) is 13.4. The number of aromatic nitrogens is 1. The maximum Gasteiger partial charge on any atom is 0.222 e. The van der Waals surface area contributed by atoms with Crippen molar-refractivity contribution in [2.24, 2.45) is 5.73 Å². The van der Waals surface area contributed by atoms with Crippen LogP contribution in [0.1, 0.15) is 24.5 Å². The van der Waals surface area contributed by atoms with Gasteiger partial charge in [-0.3, -0.25) is 0 Å². The smallest absolute Gasteiger partial charge is 0.222 e. The number of nitrogens with two attached hydrogens (primary N) is 1. The highest BCUT2D eigenvalue weighted by Gasteiger charge is 2.10. The predicted molar refractivity (Wildman–Crippen MR) is 85.2 cm³/mol. The van der Waals surface area contributed by atoms with Gasteiger partial charge < -0.3 is 10.5 Å². The van der Waals surface area contributed by atoms with E-state index in [1.165, 1.54) is 0 Å². The van der Waals surface area contributed by atoms with Crippen molar-refractivity contribution >= 4 is 15.9 Å². The fourth-order valence-electron chi connectivity index (χ4n) is 1.89. The number of rotatable bonds is 5. The molecular formula is C16H19BrN2O. The molecule has 0 aliphatic heterocycles. The molecule has 2 rings (SSSR count). The van der Waals surface area contributed by atoms with Crippen molar-refractivity contribution in [1.29, 1.82) is 0 Å². The van der Waals surface area contributed by atoms with Crippen LogP contribution in [0.5, 0.6) is 11.6 Å². The molecule has 3 nitrogen and oxygen atoms in total. The maximum atomic E-state index is 6.02. The van der Waals surface area contributed by atoms with Crippen LogP contribution in [-0.4, -0.2) is 11.0 Å². The number of ether oxygens (including phenoxy) is 1. The normalized spacial score (nSPS) is 12.2. The Hall–Kier alpha value is -1.39. The van der Waals surface area contributed by atoms with Gasteiger partial charge in [0.05, 0.1) is 0 Å². The molecule has 0 saturated heterocycles. The van der Waals surface area contributed by atoms with Crippen molar-refractivity contribution in [1.82, 2.24) is 4.98 Å². The van der Waals surface area contributed by atoms with E-state index >= 15 is 0 Å². The molecule has 1 atom stereocenters. The molecule has 1 aromatic heterocycles. The minimum absolute atomic E-state index is 0.133. The van der Waals surface area contributed by atoms with Gasteiger partial charge in [0.25, 0.3) is 0 Å². The summed E-state index contributed by atoms with van der Waals surface area (Å²) in [5, 5.41) is 0. The highest BCUT2D eigenvalue weighted by Crippen LogP contribution is 2.27. The molecule has 0 fully saturated rings. The van der Waals surface area contributed by atoms with Crippen LogP contribution in [0.25, 0.3) is 0 Å². The lowest BCUT2D eigenvalue weighted by Crippen LogP contribution is -2.21. The van der Waals surface area contributed by atoms with E-state index in [9.17, 15) is 0 Å². The second-order valence-electron chi connectivity index (χ2n) is 4.85. The maximum absolute atomic E-state index is 6.02. The van der Waals surface area contributed by atoms with Crippen LogP contribution in [0.3, 0.4) is 0 Å². The Labute approximate surface area is 128 Å². The van der Waals surface area contributed by atoms with Crippen molar-refractivity contribution in [3.05, 3.63) is 52.1 Å². The summed E-state index contributed by atoms with van der Waals surface area (Å²) in [6.45, 7) is 4.11. The van der Waals surface area contributed by atoms with Gasteiger partial charge in [-0.1, -0.05) is 28.9 Å². The molecule has 0 amide bonds. The zero-order chi connectivity index (χ0) is 14.5. The van der Waals surface area contributed by atoms with E-state index < -0.39 is 0 Å². The number of pyridine rings is 1. The lowest BCUT2D eigenvalue weighted by Gasteiger charge is -2.13. The van der Waals surface area contributed by atoms with Crippen LogP contribution in [-0.2, 0) is 6.42 Å². The van der Waals surface area contributed by atoms with Crippen LogP contribution < -0.4 is 10.5 Å². The summed E-state index contributed by atoms with van der Waals surface area (Å²) in [5.74, 6) is 1.42. The van der Waals surface area contributed by atoms with Crippen LogP contribution in [0.2, 0.25) is 0 Å². The molecule has 1 unspecified atom stereocenters. The van der Waals surface area contributed by atoms with Gasteiger partial charge in [0, 0.05) is 22.3 Å². The van der Waals surface area contributed by atoms with Gasteiger partial charge in [-0.2, -0.15) is 0 Å². The van der Waals surface area contributed by atoms with E-state index in [2.05, 4.69) is 27.8 Å². The number of halogens is 1. The van der Waals surface area contributed by atoms with Crippen molar-refractivity contribution in [2.45, 2.75) is 32.7 Å². The van der Waals surface area contributed by atoms with Gasteiger partial charge in [0.1, 0.15) is 5.75 Å². The summed E-state index contributed by atoms with van der Waals surface area (Å²) in [7, 11) is 0. The SMILES string of the molecule is CCC(N)Cc1cccnc1Oc1ccc(Br)c(C)c1. The number of benzene rings is 1. The molecule has 2 aromatic rings. The molecule has 0 radical (unpaired) electrons. The predicted octanol–water partition coefficient (Wildman–Crippen LogP) is 4.22. The Morgan fingerprint density at radius 3 is 2.85 bits per heavy atom. The molecule has 4 heteroatoms. The molecule has 0 saturated carbocycles. The first-order valence-electron chi connectivity index (χ1n) is 6.73. The highest BCUT2D eigenvalue weighted by atomic mass is 79.9. The van der Waals surface area contributed by atoms with Gasteiger partial charge in [-0.25, -0.2) is 4.98 Å². The topological polar surface area (TPSA) is 48.1 Å². The first-order chi connectivity index (χ1) is 9.60. The Kier molecular flexibility index (Phi) is 5.15. The molecule has 0 aliphatic carbocycles. The van der Waals surface area contributed by atoms with Gasteiger partial charge in [-0.15, -0.1) is 0 Å². The summed E-state index contributed by atoms with van der Waals surface area (Å²) in [6, 6.07) is 9.96. The summed E-state index contributed by atoms with van der Waals surface area (Å²) in [6.07, 6.45) is 3.45. The van der Waals surface area contributed by atoms with Crippen LogP contribution >= 0.6 is 15.9 Å². The zero-order valence-electron chi connectivity index (χ0n) is 11.8. The summed E-state index contributed by atoms with van der Waals surface area (Å²) >= 11 is 3.48. The fraction of sp³-hybridized carbons (Fsp3) is 0.312. The van der Waals surface area contributed by atoms with E-state index in [1.54, 1.807) is 6.20 Å². The molecule has 1 heterocycles. The summed E-state index contributed by atoms with van der Waals surface area (Å²) in [5.41, 5.74) is 8.20. The van der Waals surface area contributed by atoms with Crippen LogP contribution in [0.15, 0.2) is 41.0 Å². The van der Waals surface area contributed by atoms with E-state index in [1.807, 2.05) is 37.3 Å². The van der Waals surface area contributed by atoms with Crippen molar-refractivity contribution in [3.63, 3.8) is 0 Å². The third-order valence-electron chi connectivity index (χ3n) is 3.20. The van der Waals surface area contributed by atoms with Crippen LogP contribution in [0.4, 0.5) is 0 Å². The first kappa shape index (κ1) is 15.0. The Morgan fingerprint density at radius 1 is 1.35 bits per heavy atom. The lowest BCUT2D eigenvalue weighted by atomic mass is 10.1. The number of nitrogens with zero attached hydrogens (tertiary/aromatic N) is 1. The van der Waals surface area contributed by atoms with E-state index in [-0.39, 0.29) is 6.04 Å². The van der Waals surface area contributed by atoms with E-state index in [0.29, 0.717) is 5.88 Å². The lowest BCUT2D eigenvalue weighted by molar-refractivity contribution is 0.452. The molecule has 0 aliphatic rings. The second kappa shape index (κ2) is 6.86. The van der Waals surface area contributed by atoms with Crippen molar-refractivity contribution in [2.75, 3.05) is 0 Å². The minimum Gasteiger partial charge on any atom is -0.439 e. The Balaban J connectivity index is 2.22. The minimum atomic E-state index is 0.133. The number of hydrogen-bond donors (Lipinski definition) is 1. The molecule has 1 aromatic carbocycles. The number of aryl methyl sites for hydroxylation is 1. The average molecular weight is 335 g/mol. The van der Waals surface area contributed by atoms with E-state index in [0.717, 1.165) is 34.2 Å². The van der Waals surface area contributed by atoms with E-state index in [4.69, 9.17) is 10.5 Å². The Bertz CT molecular complexity index is 586.